The maximum absolute atomic E-state index is 13.1. The van der Waals surface area contributed by atoms with Gasteiger partial charge in [0, 0.05) is 36.8 Å². The number of benzene rings is 2. The third-order valence-corrected chi connectivity index (χ3v) is 8.28. The number of rotatable bonds is 8. The lowest BCUT2D eigenvalue weighted by Gasteiger charge is -2.30. The molecule has 9 nitrogen and oxygen atoms in total. The summed E-state index contributed by atoms with van der Waals surface area (Å²) in [6.07, 6.45) is 3.62. The summed E-state index contributed by atoms with van der Waals surface area (Å²) in [6.45, 7) is 4.71. The minimum Gasteiger partial charge on any atom is -0.373 e. The van der Waals surface area contributed by atoms with Gasteiger partial charge in [-0.1, -0.05) is 19.1 Å². The highest BCUT2D eigenvalue weighted by molar-refractivity contribution is 7.89. The number of nitrogens with zero attached hydrogens (tertiary/aromatic N) is 2. The van der Waals surface area contributed by atoms with Gasteiger partial charge < -0.3 is 10.6 Å². The zero-order chi connectivity index (χ0) is 24.5. The second-order valence-corrected chi connectivity index (χ2v) is 11.2. The Morgan fingerprint density at radius 3 is 2.47 bits per heavy atom. The maximum Gasteiger partial charge on any atom is 0.293 e. The van der Waals surface area contributed by atoms with Gasteiger partial charge in [0.2, 0.25) is 15.9 Å². The molecule has 1 aliphatic heterocycles. The van der Waals surface area contributed by atoms with Crippen LogP contribution in [0.25, 0.3) is 0 Å². The first-order valence-corrected chi connectivity index (χ1v) is 13.0. The van der Waals surface area contributed by atoms with Crippen LogP contribution in [0, 0.1) is 22.0 Å². The van der Waals surface area contributed by atoms with Crippen LogP contribution >= 0.6 is 0 Å². The zero-order valence-corrected chi connectivity index (χ0v) is 20.2. The summed E-state index contributed by atoms with van der Waals surface area (Å²) < 4.78 is 27.6. The molecule has 1 saturated heterocycles. The number of hydrogen-bond acceptors (Lipinski definition) is 6. The Labute approximate surface area is 199 Å². The van der Waals surface area contributed by atoms with Gasteiger partial charge in [-0.25, -0.2) is 8.42 Å². The highest BCUT2D eigenvalue weighted by atomic mass is 32.2. The summed E-state index contributed by atoms with van der Waals surface area (Å²) in [5.41, 5.74) is 1.54. The third kappa shape index (κ3) is 5.39. The molecule has 10 heteroatoms. The van der Waals surface area contributed by atoms with Gasteiger partial charge in [-0.15, -0.1) is 0 Å². The molecular formula is C24H30N4O5S. The van der Waals surface area contributed by atoms with E-state index in [9.17, 15) is 23.3 Å². The summed E-state index contributed by atoms with van der Waals surface area (Å²) in [7, 11) is -3.80. The van der Waals surface area contributed by atoms with E-state index in [4.69, 9.17) is 0 Å². The van der Waals surface area contributed by atoms with Gasteiger partial charge in [0.15, 0.2) is 0 Å². The third-order valence-electron chi connectivity index (χ3n) is 6.42. The fourth-order valence-electron chi connectivity index (χ4n) is 4.22. The van der Waals surface area contributed by atoms with Crippen molar-refractivity contribution in [1.82, 2.24) is 4.31 Å². The second kappa shape index (κ2) is 9.71. The van der Waals surface area contributed by atoms with E-state index in [-0.39, 0.29) is 40.1 Å². The highest BCUT2D eigenvalue weighted by Gasteiger charge is 2.31. The molecule has 1 heterocycles. The van der Waals surface area contributed by atoms with Crippen molar-refractivity contribution in [1.29, 1.82) is 0 Å². The number of anilines is 2. The summed E-state index contributed by atoms with van der Waals surface area (Å²) in [6, 6.07) is 11.0. The second-order valence-electron chi connectivity index (χ2n) is 9.30. The van der Waals surface area contributed by atoms with Gasteiger partial charge in [-0.2, -0.15) is 4.31 Å². The molecule has 2 aromatic rings. The maximum atomic E-state index is 13.1. The van der Waals surface area contributed by atoms with Crippen LogP contribution in [0.5, 0.6) is 0 Å². The van der Waals surface area contributed by atoms with E-state index in [2.05, 4.69) is 10.6 Å². The minimum absolute atomic E-state index is 0.0311. The van der Waals surface area contributed by atoms with E-state index >= 15 is 0 Å². The Kier molecular flexibility index (Phi) is 6.90. The first-order chi connectivity index (χ1) is 16.1. The number of nitro benzene ring substituents is 1. The standard InChI is InChI=1S/C24H30N4O5S/c1-16-4-3-13-27(15-16)34(32,33)21-11-12-22(23(14-21)28(30)31)25-17(2)18-7-9-20(10-8-18)26-24(29)19-5-6-19/h7-12,14,16-17,19,25H,3-6,13,15H2,1-2H3,(H,26,29)/t16-,17+/m1/s1. The molecule has 0 bridgehead atoms. The smallest absolute Gasteiger partial charge is 0.293 e. The fourth-order valence-corrected chi connectivity index (χ4v) is 5.84. The van der Waals surface area contributed by atoms with E-state index in [0.717, 1.165) is 37.3 Å². The van der Waals surface area contributed by atoms with E-state index in [0.29, 0.717) is 18.8 Å². The largest absolute Gasteiger partial charge is 0.373 e. The molecule has 1 aliphatic carbocycles. The average molecular weight is 487 g/mol. The van der Waals surface area contributed by atoms with E-state index in [1.807, 2.05) is 26.0 Å². The van der Waals surface area contributed by atoms with Gasteiger partial charge in [0.1, 0.15) is 5.69 Å². The molecule has 0 aromatic heterocycles. The average Bonchev–Trinajstić information content (AvgIpc) is 3.65. The lowest BCUT2D eigenvalue weighted by molar-refractivity contribution is -0.384. The normalized spacial score (nSPS) is 19.9. The lowest BCUT2D eigenvalue weighted by atomic mass is 10.0. The molecule has 4 rings (SSSR count). The Bertz CT molecular complexity index is 1180. The van der Waals surface area contributed by atoms with E-state index < -0.39 is 14.9 Å². The number of piperidine rings is 1. The molecule has 2 aliphatic rings. The van der Waals surface area contributed by atoms with Gasteiger partial charge in [0.25, 0.3) is 5.69 Å². The lowest BCUT2D eigenvalue weighted by Crippen LogP contribution is -2.39. The Morgan fingerprint density at radius 2 is 1.85 bits per heavy atom. The van der Waals surface area contributed by atoms with Crippen LogP contribution in [-0.2, 0) is 14.8 Å². The van der Waals surface area contributed by atoms with E-state index in [1.165, 1.54) is 16.4 Å². The Hall–Kier alpha value is -2.98. The first-order valence-electron chi connectivity index (χ1n) is 11.6. The molecule has 1 saturated carbocycles. The van der Waals surface area contributed by atoms with Crippen molar-refractivity contribution in [3.05, 3.63) is 58.1 Å². The van der Waals surface area contributed by atoms with Crippen molar-refractivity contribution in [2.24, 2.45) is 11.8 Å². The zero-order valence-electron chi connectivity index (χ0n) is 19.4. The van der Waals surface area contributed by atoms with Crippen molar-refractivity contribution in [3.8, 4) is 0 Å². The van der Waals surface area contributed by atoms with Crippen molar-refractivity contribution >= 4 is 33.0 Å². The number of carbonyl (C=O) groups is 1. The quantitative estimate of drug-likeness (QED) is 0.417. The number of carbonyl (C=O) groups excluding carboxylic acids is 1. The van der Waals surface area contributed by atoms with Crippen LogP contribution in [0.1, 0.15) is 51.1 Å². The van der Waals surface area contributed by atoms with Crippen molar-refractivity contribution < 1.29 is 18.1 Å². The van der Waals surface area contributed by atoms with Crippen LogP contribution < -0.4 is 10.6 Å². The topological polar surface area (TPSA) is 122 Å². The molecule has 0 spiro atoms. The number of sulfonamides is 1. The number of nitro groups is 1. The van der Waals surface area contributed by atoms with Crippen LogP contribution in [0.15, 0.2) is 47.4 Å². The molecular weight excluding hydrogens is 456 g/mol. The molecule has 2 atom stereocenters. The van der Waals surface area contributed by atoms with Crippen molar-refractivity contribution in [2.75, 3.05) is 23.7 Å². The van der Waals surface area contributed by atoms with Crippen LogP contribution in [0.3, 0.4) is 0 Å². The van der Waals surface area contributed by atoms with E-state index in [1.54, 1.807) is 12.1 Å². The monoisotopic (exact) mass is 486 g/mol. The predicted octanol–water partition coefficient (Wildman–Crippen LogP) is 4.54. The van der Waals surface area contributed by atoms with Crippen LogP contribution in [0.2, 0.25) is 0 Å². The predicted molar refractivity (Wildman–Crippen MR) is 130 cm³/mol. The van der Waals surface area contributed by atoms with Crippen LogP contribution in [-0.4, -0.2) is 36.6 Å². The molecule has 2 fully saturated rings. The molecule has 2 N–H and O–H groups in total. The van der Waals surface area contributed by atoms with Gasteiger partial charge in [0.05, 0.1) is 9.82 Å². The van der Waals surface area contributed by atoms with Gasteiger partial charge in [-0.3, -0.25) is 14.9 Å². The number of nitrogens with one attached hydrogen (secondary N) is 2. The molecule has 34 heavy (non-hydrogen) atoms. The molecule has 1 amide bonds. The first kappa shape index (κ1) is 24.2. The molecule has 2 aromatic carbocycles. The number of amides is 1. The Morgan fingerprint density at radius 1 is 1.15 bits per heavy atom. The number of hydrogen-bond donors (Lipinski definition) is 2. The Balaban J connectivity index is 1.50. The molecule has 0 unspecified atom stereocenters. The summed E-state index contributed by atoms with van der Waals surface area (Å²) in [5.74, 6) is 0.406. The molecule has 0 radical (unpaired) electrons. The van der Waals surface area contributed by atoms with Crippen LogP contribution in [0.4, 0.5) is 17.1 Å². The van der Waals surface area contributed by atoms with Crippen molar-refractivity contribution in [2.45, 2.75) is 50.5 Å². The van der Waals surface area contributed by atoms with Gasteiger partial charge >= 0.3 is 0 Å². The van der Waals surface area contributed by atoms with Crippen molar-refractivity contribution in [3.63, 3.8) is 0 Å². The summed E-state index contributed by atoms with van der Waals surface area (Å²) >= 11 is 0. The summed E-state index contributed by atoms with van der Waals surface area (Å²) in [4.78, 5) is 23.1. The fraction of sp³-hybridized carbons (Fsp3) is 0.458. The molecule has 182 valence electrons. The summed E-state index contributed by atoms with van der Waals surface area (Å²) in [5, 5.41) is 17.8. The highest BCUT2D eigenvalue weighted by Crippen LogP contribution is 2.33. The minimum atomic E-state index is -3.80. The van der Waals surface area contributed by atoms with Gasteiger partial charge in [-0.05, 0) is 68.4 Å². The SMILES string of the molecule is C[C@@H]1CCCN(S(=O)(=O)c2ccc(N[C@@H](C)c3ccc(NC(=O)C4CC4)cc3)c([N+](=O)[O-])c2)C1.